The lowest BCUT2D eigenvalue weighted by Crippen LogP contribution is -2.00. The van der Waals surface area contributed by atoms with Crippen LogP contribution in [0.2, 0.25) is 0 Å². The van der Waals surface area contributed by atoms with Crippen molar-refractivity contribution in [2.75, 3.05) is 0 Å². The number of carboxylic acid groups (broad SMARTS) is 3. The second-order valence-corrected chi connectivity index (χ2v) is 3.37. The SMILES string of the molecule is O=C(O)C=Cc1ccccc1.O=C(O)CCC(=O)O. The van der Waals surface area contributed by atoms with Crippen LogP contribution < -0.4 is 0 Å². The lowest BCUT2D eigenvalue weighted by molar-refractivity contribution is -0.143. The van der Waals surface area contributed by atoms with Crippen molar-refractivity contribution >= 4 is 24.0 Å². The fourth-order valence-corrected chi connectivity index (χ4v) is 0.946. The van der Waals surface area contributed by atoms with Crippen LogP contribution in [0.1, 0.15) is 18.4 Å². The van der Waals surface area contributed by atoms with Crippen LogP contribution in [-0.2, 0) is 14.4 Å². The molecule has 0 aliphatic heterocycles. The number of hydrogen-bond donors (Lipinski definition) is 3. The Morgan fingerprint density at radius 1 is 0.895 bits per heavy atom. The molecule has 0 amide bonds. The second-order valence-electron chi connectivity index (χ2n) is 3.37. The van der Waals surface area contributed by atoms with Gasteiger partial charge in [-0.2, -0.15) is 0 Å². The first-order valence-corrected chi connectivity index (χ1v) is 5.31. The van der Waals surface area contributed by atoms with Crippen LogP contribution in [0, 0.1) is 0 Å². The third-order valence-electron chi connectivity index (χ3n) is 1.77. The molecule has 1 aromatic carbocycles. The van der Waals surface area contributed by atoms with E-state index in [1.807, 2.05) is 30.3 Å². The molecule has 0 atom stereocenters. The standard InChI is InChI=1S/C9H8O2.C4H6O4/c10-9(11)7-6-8-4-2-1-3-5-8;5-3(6)1-2-4(7)8/h1-7H,(H,10,11);1-2H2,(H,5,6)(H,7,8). The van der Waals surface area contributed by atoms with Crippen LogP contribution in [0.4, 0.5) is 0 Å². The number of aliphatic carboxylic acids is 3. The number of hydrogen-bond acceptors (Lipinski definition) is 3. The van der Waals surface area contributed by atoms with Crippen LogP contribution in [0.5, 0.6) is 0 Å². The van der Waals surface area contributed by atoms with E-state index < -0.39 is 17.9 Å². The predicted molar refractivity (Wildman–Crippen MR) is 67.6 cm³/mol. The fraction of sp³-hybridized carbons (Fsp3) is 0.154. The van der Waals surface area contributed by atoms with E-state index in [0.717, 1.165) is 11.6 Å². The molecule has 0 aliphatic rings. The van der Waals surface area contributed by atoms with Crippen molar-refractivity contribution in [1.82, 2.24) is 0 Å². The summed E-state index contributed by atoms with van der Waals surface area (Å²) < 4.78 is 0. The van der Waals surface area contributed by atoms with E-state index in [2.05, 4.69) is 0 Å². The lowest BCUT2D eigenvalue weighted by Gasteiger charge is -1.87. The topological polar surface area (TPSA) is 112 Å². The van der Waals surface area contributed by atoms with Gasteiger partial charge in [0.15, 0.2) is 0 Å². The van der Waals surface area contributed by atoms with Gasteiger partial charge in [-0.25, -0.2) is 4.79 Å². The van der Waals surface area contributed by atoms with Crippen LogP contribution >= 0.6 is 0 Å². The Morgan fingerprint density at radius 3 is 1.74 bits per heavy atom. The molecular weight excluding hydrogens is 252 g/mol. The minimum absolute atomic E-state index is 0.296. The Balaban J connectivity index is 0.000000362. The molecule has 0 aromatic heterocycles. The molecule has 0 spiro atoms. The summed E-state index contributed by atoms with van der Waals surface area (Å²) in [4.78, 5) is 29.4. The summed E-state index contributed by atoms with van der Waals surface area (Å²) in [7, 11) is 0. The molecule has 0 saturated heterocycles. The minimum atomic E-state index is -1.08. The van der Waals surface area contributed by atoms with Crippen molar-refractivity contribution in [3.8, 4) is 0 Å². The number of benzene rings is 1. The lowest BCUT2D eigenvalue weighted by atomic mass is 10.2. The zero-order chi connectivity index (χ0) is 14.7. The maximum absolute atomic E-state index is 10.1. The van der Waals surface area contributed by atoms with E-state index >= 15 is 0 Å². The third kappa shape index (κ3) is 11.6. The quantitative estimate of drug-likeness (QED) is 0.699. The van der Waals surface area contributed by atoms with E-state index in [1.54, 1.807) is 6.08 Å². The molecule has 6 heteroatoms. The highest BCUT2D eigenvalue weighted by molar-refractivity contribution is 5.85. The minimum Gasteiger partial charge on any atom is -0.481 e. The Morgan fingerprint density at radius 2 is 1.37 bits per heavy atom. The number of carbonyl (C=O) groups is 3. The van der Waals surface area contributed by atoms with Gasteiger partial charge >= 0.3 is 17.9 Å². The Hall–Kier alpha value is -2.63. The van der Waals surface area contributed by atoms with Crippen molar-refractivity contribution in [1.29, 1.82) is 0 Å². The Labute approximate surface area is 109 Å². The zero-order valence-electron chi connectivity index (χ0n) is 10.0. The van der Waals surface area contributed by atoms with Gasteiger partial charge in [-0.1, -0.05) is 30.3 Å². The molecule has 19 heavy (non-hydrogen) atoms. The molecule has 0 bridgehead atoms. The van der Waals surface area contributed by atoms with Gasteiger partial charge in [-0.3, -0.25) is 9.59 Å². The zero-order valence-corrected chi connectivity index (χ0v) is 10.0. The van der Waals surface area contributed by atoms with Crippen molar-refractivity contribution in [2.45, 2.75) is 12.8 Å². The largest absolute Gasteiger partial charge is 0.481 e. The third-order valence-corrected chi connectivity index (χ3v) is 1.77. The van der Waals surface area contributed by atoms with Crippen LogP contribution in [0.25, 0.3) is 6.08 Å². The van der Waals surface area contributed by atoms with Crippen LogP contribution in [-0.4, -0.2) is 33.2 Å². The first-order valence-electron chi connectivity index (χ1n) is 5.31. The van der Waals surface area contributed by atoms with Gasteiger partial charge in [-0.05, 0) is 11.6 Å². The Bertz CT molecular complexity index is 435. The Kier molecular flexibility index (Phi) is 8.10. The predicted octanol–water partition coefficient (Wildman–Crippen LogP) is 1.72. The first kappa shape index (κ1) is 16.4. The van der Waals surface area contributed by atoms with Gasteiger partial charge in [0.2, 0.25) is 0 Å². The number of carboxylic acids is 3. The molecule has 0 unspecified atom stereocenters. The number of rotatable bonds is 5. The summed E-state index contributed by atoms with van der Waals surface area (Å²) in [5.41, 5.74) is 0.898. The average Bonchev–Trinajstić information content (AvgIpc) is 2.36. The van der Waals surface area contributed by atoms with Gasteiger partial charge in [0.25, 0.3) is 0 Å². The van der Waals surface area contributed by atoms with Gasteiger partial charge in [0.1, 0.15) is 0 Å². The van der Waals surface area contributed by atoms with Crippen LogP contribution in [0.3, 0.4) is 0 Å². The summed E-state index contributed by atoms with van der Waals surface area (Å²) in [6.07, 6.45) is 2.09. The summed E-state index contributed by atoms with van der Waals surface area (Å²) in [6.45, 7) is 0. The van der Waals surface area contributed by atoms with E-state index in [4.69, 9.17) is 15.3 Å². The molecule has 0 saturated carbocycles. The molecule has 102 valence electrons. The van der Waals surface area contributed by atoms with Crippen molar-refractivity contribution in [2.24, 2.45) is 0 Å². The van der Waals surface area contributed by atoms with Gasteiger partial charge in [0, 0.05) is 6.08 Å². The molecule has 1 rings (SSSR count). The highest BCUT2D eigenvalue weighted by Crippen LogP contribution is 1.99. The molecule has 0 fully saturated rings. The van der Waals surface area contributed by atoms with Crippen molar-refractivity contribution in [3.05, 3.63) is 42.0 Å². The normalized spacial score (nSPS) is 9.47. The maximum atomic E-state index is 10.1. The van der Waals surface area contributed by atoms with E-state index in [-0.39, 0.29) is 12.8 Å². The van der Waals surface area contributed by atoms with Gasteiger partial charge in [0.05, 0.1) is 12.8 Å². The van der Waals surface area contributed by atoms with E-state index in [0.29, 0.717) is 0 Å². The summed E-state index contributed by atoms with van der Waals surface area (Å²) in [6, 6.07) is 9.31. The average molecular weight is 266 g/mol. The van der Waals surface area contributed by atoms with E-state index in [1.165, 1.54) is 0 Å². The molecule has 0 heterocycles. The summed E-state index contributed by atoms with van der Waals surface area (Å²) >= 11 is 0. The molecule has 3 N–H and O–H groups in total. The highest BCUT2D eigenvalue weighted by Gasteiger charge is 2.00. The molecular formula is C13H14O6. The first-order chi connectivity index (χ1) is 8.91. The van der Waals surface area contributed by atoms with Crippen molar-refractivity contribution < 1.29 is 29.7 Å². The van der Waals surface area contributed by atoms with E-state index in [9.17, 15) is 14.4 Å². The second kappa shape index (κ2) is 9.41. The van der Waals surface area contributed by atoms with Gasteiger partial charge in [-0.15, -0.1) is 0 Å². The highest BCUT2D eigenvalue weighted by atomic mass is 16.4. The fourth-order valence-electron chi connectivity index (χ4n) is 0.946. The monoisotopic (exact) mass is 266 g/mol. The molecule has 0 radical (unpaired) electrons. The van der Waals surface area contributed by atoms with Crippen molar-refractivity contribution in [3.63, 3.8) is 0 Å². The van der Waals surface area contributed by atoms with Crippen LogP contribution in [0.15, 0.2) is 36.4 Å². The summed E-state index contributed by atoms with van der Waals surface area (Å²) in [5.74, 6) is -3.08. The smallest absolute Gasteiger partial charge is 0.328 e. The maximum Gasteiger partial charge on any atom is 0.328 e. The molecule has 6 nitrogen and oxygen atoms in total. The summed E-state index contributed by atoms with van der Waals surface area (Å²) in [5, 5.41) is 24.1. The molecule has 0 aliphatic carbocycles. The van der Waals surface area contributed by atoms with Gasteiger partial charge < -0.3 is 15.3 Å². The molecule has 1 aromatic rings.